The molecular formula is C13H21F2N3O3. The monoisotopic (exact) mass is 305 g/mol. The van der Waals surface area contributed by atoms with Crippen molar-refractivity contribution in [3.63, 3.8) is 0 Å². The molecule has 0 radical (unpaired) electrons. The summed E-state index contributed by atoms with van der Waals surface area (Å²) in [7, 11) is 0. The van der Waals surface area contributed by atoms with Gasteiger partial charge in [-0.3, -0.25) is 14.4 Å². The normalized spacial score (nSPS) is 22.8. The average Bonchev–Trinajstić information content (AvgIpc) is 2.63. The predicted molar refractivity (Wildman–Crippen MR) is 71.3 cm³/mol. The number of alkyl halides is 2. The van der Waals surface area contributed by atoms with Crippen LogP contribution in [0.2, 0.25) is 0 Å². The van der Waals surface area contributed by atoms with Gasteiger partial charge >= 0.3 is 0 Å². The van der Waals surface area contributed by atoms with E-state index in [-0.39, 0.29) is 5.91 Å². The van der Waals surface area contributed by atoms with Crippen LogP contribution in [-0.4, -0.2) is 47.2 Å². The van der Waals surface area contributed by atoms with Gasteiger partial charge in [0.15, 0.2) is 0 Å². The summed E-state index contributed by atoms with van der Waals surface area (Å²) in [6.45, 7) is 5.51. The van der Waals surface area contributed by atoms with E-state index in [4.69, 9.17) is 5.73 Å². The van der Waals surface area contributed by atoms with Gasteiger partial charge in [0, 0.05) is 11.8 Å². The van der Waals surface area contributed by atoms with Gasteiger partial charge in [-0.05, 0) is 6.92 Å². The lowest BCUT2D eigenvalue weighted by atomic mass is 9.95. The van der Waals surface area contributed by atoms with Gasteiger partial charge in [-0.15, -0.1) is 0 Å². The van der Waals surface area contributed by atoms with Crippen LogP contribution in [0.5, 0.6) is 0 Å². The second kappa shape index (κ2) is 5.57. The first-order valence-corrected chi connectivity index (χ1v) is 6.64. The molecule has 3 N–H and O–H groups in total. The van der Waals surface area contributed by atoms with Gasteiger partial charge in [0.1, 0.15) is 12.1 Å². The van der Waals surface area contributed by atoms with E-state index >= 15 is 0 Å². The van der Waals surface area contributed by atoms with Crippen LogP contribution < -0.4 is 11.1 Å². The van der Waals surface area contributed by atoms with Crippen LogP contribution in [0.1, 0.15) is 34.1 Å². The largest absolute Gasteiger partial charge is 0.368 e. The van der Waals surface area contributed by atoms with Crippen LogP contribution in [0.4, 0.5) is 8.78 Å². The molecule has 0 bridgehead atoms. The molecule has 0 aromatic rings. The first kappa shape index (κ1) is 17.3. The molecule has 1 aliphatic rings. The van der Waals surface area contributed by atoms with Crippen molar-refractivity contribution < 1.29 is 23.2 Å². The Morgan fingerprint density at radius 3 is 2.29 bits per heavy atom. The molecule has 0 spiro atoms. The summed E-state index contributed by atoms with van der Waals surface area (Å²) in [6, 6.07) is -2.35. The van der Waals surface area contributed by atoms with Crippen LogP contribution >= 0.6 is 0 Å². The molecule has 1 saturated heterocycles. The van der Waals surface area contributed by atoms with E-state index in [0.717, 1.165) is 4.90 Å². The summed E-state index contributed by atoms with van der Waals surface area (Å²) in [4.78, 5) is 36.0. The zero-order valence-corrected chi connectivity index (χ0v) is 12.6. The van der Waals surface area contributed by atoms with Gasteiger partial charge in [0.05, 0.1) is 6.54 Å². The van der Waals surface area contributed by atoms with Crippen molar-refractivity contribution >= 4 is 17.7 Å². The number of rotatable bonds is 3. The number of nitrogens with one attached hydrogen (secondary N) is 1. The number of carbonyl (C=O) groups is 3. The summed E-state index contributed by atoms with van der Waals surface area (Å²) in [5.41, 5.74) is 4.35. The predicted octanol–water partition coefficient (Wildman–Crippen LogP) is 0.259. The van der Waals surface area contributed by atoms with Gasteiger partial charge in [-0.1, -0.05) is 20.8 Å². The van der Waals surface area contributed by atoms with E-state index in [9.17, 15) is 23.2 Å². The van der Waals surface area contributed by atoms with Crippen LogP contribution in [0.25, 0.3) is 0 Å². The highest BCUT2D eigenvalue weighted by molar-refractivity contribution is 5.92. The molecule has 0 aliphatic carbocycles. The van der Waals surface area contributed by atoms with E-state index in [1.54, 1.807) is 20.8 Å². The summed E-state index contributed by atoms with van der Waals surface area (Å²) in [5.74, 6) is -5.25. The Bertz CT molecular complexity index is 460. The molecule has 120 valence electrons. The minimum atomic E-state index is -3.15. The van der Waals surface area contributed by atoms with Gasteiger partial charge < -0.3 is 16.0 Å². The van der Waals surface area contributed by atoms with Crippen LogP contribution in [0.15, 0.2) is 0 Å². The molecule has 6 nitrogen and oxygen atoms in total. The molecule has 21 heavy (non-hydrogen) atoms. The number of nitrogens with zero attached hydrogens (tertiary/aromatic N) is 1. The summed E-state index contributed by atoms with van der Waals surface area (Å²) < 4.78 is 26.8. The number of nitrogens with two attached hydrogens (primary N) is 1. The van der Waals surface area contributed by atoms with Gasteiger partial charge in [0.25, 0.3) is 5.92 Å². The van der Waals surface area contributed by atoms with Gasteiger partial charge in [0.2, 0.25) is 17.7 Å². The molecule has 1 rings (SSSR count). The third-order valence-electron chi connectivity index (χ3n) is 3.28. The molecule has 2 atom stereocenters. The Labute approximate surface area is 122 Å². The molecule has 0 aromatic carbocycles. The van der Waals surface area contributed by atoms with Crippen molar-refractivity contribution in [2.75, 3.05) is 6.54 Å². The number of amides is 3. The van der Waals surface area contributed by atoms with E-state index < -0.39 is 48.2 Å². The van der Waals surface area contributed by atoms with Crippen molar-refractivity contribution in [3.8, 4) is 0 Å². The lowest BCUT2D eigenvalue weighted by Gasteiger charge is -2.27. The Hall–Kier alpha value is -1.73. The number of hydrogen-bond acceptors (Lipinski definition) is 3. The maximum absolute atomic E-state index is 13.4. The number of halogens is 2. The molecule has 1 heterocycles. The molecule has 0 saturated carbocycles. The highest BCUT2D eigenvalue weighted by atomic mass is 19.3. The van der Waals surface area contributed by atoms with Crippen LogP contribution in [0.3, 0.4) is 0 Å². The van der Waals surface area contributed by atoms with Crippen molar-refractivity contribution in [1.29, 1.82) is 0 Å². The summed E-state index contributed by atoms with van der Waals surface area (Å²) in [5, 5.41) is 2.46. The van der Waals surface area contributed by atoms with E-state index in [1.807, 2.05) is 0 Å². The van der Waals surface area contributed by atoms with E-state index in [2.05, 4.69) is 5.32 Å². The summed E-state index contributed by atoms with van der Waals surface area (Å²) in [6.07, 6.45) is -0.784. The second-order valence-corrected chi connectivity index (χ2v) is 6.39. The first-order chi connectivity index (χ1) is 9.35. The third-order valence-corrected chi connectivity index (χ3v) is 3.28. The van der Waals surface area contributed by atoms with E-state index in [1.165, 1.54) is 6.92 Å². The molecule has 8 heteroatoms. The Morgan fingerprint density at radius 2 is 1.86 bits per heavy atom. The first-order valence-electron chi connectivity index (χ1n) is 6.64. The van der Waals surface area contributed by atoms with E-state index in [0.29, 0.717) is 0 Å². The number of carbonyl (C=O) groups excluding carboxylic acids is 3. The number of primary amides is 1. The smallest absolute Gasteiger partial charge is 0.267 e. The molecular weight excluding hydrogens is 284 g/mol. The summed E-state index contributed by atoms with van der Waals surface area (Å²) >= 11 is 0. The van der Waals surface area contributed by atoms with Crippen LogP contribution in [0, 0.1) is 5.41 Å². The molecule has 0 aromatic heterocycles. The number of hydrogen-bond donors (Lipinski definition) is 2. The second-order valence-electron chi connectivity index (χ2n) is 6.39. The minimum Gasteiger partial charge on any atom is -0.368 e. The maximum Gasteiger partial charge on any atom is 0.267 e. The third kappa shape index (κ3) is 4.12. The molecule has 1 fully saturated rings. The SMILES string of the molecule is C[C@H](NC(=O)C(C)(C)C)C(=O)N1CC(F)(F)C[C@H]1C(N)=O. The highest BCUT2D eigenvalue weighted by Crippen LogP contribution is 2.32. The Kier molecular flexibility index (Phi) is 4.60. The fourth-order valence-electron chi connectivity index (χ4n) is 2.03. The maximum atomic E-state index is 13.4. The Morgan fingerprint density at radius 1 is 1.33 bits per heavy atom. The van der Waals surface area contributed by atoms with Crippen LogP contribution in [-0.2, 0) is 14.4 Å². The standard InChI is InChI=1S/C13H21F2N3O3/c1-7(17-11(21)12(2,3)4)10(20)18-6-13(14,15)5-8(18)9(16)19/h7-8H,5-6H2,1-4H3,(H2,16,19)(H,17,21)/t7-,8-/m0/s1. The lowest BCUT2D eigenvalue weighted by molar-refractivity contribution is -0.141. The number of likely N-dealkylation sites (tertiary alicyclic amines) is 1. The zero-order valence-electron chi connectivity index (χ0n) is 12.6. The fraction of sp³-hybridized carbons (Fsp3) is 0.769. The van der Waals surface area contributed by atoms with Gasteiger partial charge in [-0.2, -0.15) is 0 Å². The van der Waals surface area contributed by atoms with Gasteiger partial charge in [-0.25, -0.2) is 8.78 Å². The van der Waals surface area contributed by atoms with Crippen molar-refractivity contribution in [1.82, 2.24) is 10.2 Å². The zero-order chi connectivity index (χ0) is 16.6. The lowest BCUT2D eigenvalue weighted by Crippen LogP contribution is -2.53. The Balaban J connectivity index is 2.82. The molecule has 3 amide bonds. The molecule has 0 unspecified atom stereocenters. The highest BCUT2D eigenvalue weighted by Gasteiger charge is 2.50. The average molecular weight is 305 g/mol. The molecule has 1 aliphatic heterocycles. The fourth-order valence-corrected chi connectivity index (χ4v) is 2.03. The van der Waals surface area contributed by atoms with Crippen molar-refractivity contribution in [2.45, 2.75) is 52.1 Å². The van der Waals surface area contributed by atoms with Crippen molar-refractivity contribution in [2.24, 2.45) is 11.1 Å². The quantitative estimate of drug-likeness (QED) is 0.783. The topological polar surface area (TPSA) is 92.5 Å². The van der Waals surface area contributed by atoms with Crippen molar-refractivity contribution in [3.05, 3.63) is 0 Å². The minimum absolute atomic E-state index is 0.384.